The second-order valence-electron chi connectivity index (χ2n) is 7.14. The molecule has 2 aliphatic heterocycles. The lowest BCUT2D eigenvalue weighted by atomic mass is 10.0. The van der Waals surface area contributed by atoms with Crippen LogP contribution in [-0.2, 0) is 29.8 Å². The van der Waals surface area contributed by atoms with E-state index in [1.54, 1.807) is 54.6 Å². The minimum atomic E-state index is -4.24. The number of hydrogen-bond acceptors (Lipinski definition) is 9. The highest BCUT2D eigenvalue weighted by Crippen LogP contribution is 2.51. The van der Waals surface area contributed by atoms with E-state index in [2.05, 4.69) is 5.32 Å². The summed E-state index contributed by atoms with van der Waals surface area (Å²) in [5, 5.41) is 24.7. The Balaban J connectivity index is 1.47. The molecule has 32 heavy (non-hydrogen) atoms. The van der Waals surface area contributed by atoms with Crippen molar-refractivity contribution in [2.45, 2.75) is 30.6 Å². The van der Waals surface area contributed by atoms with E-state index in [0.717, 1.165) is 0 Å². The quantitative estimate of drug-likeness (QED) is 0.332. The largest absolute Gasteiger partial charge is 0.530 e. The number of phosphoric ester groups is 1. The molecule has 2 aromatic rings. The van der Waals surface area contributed by atoms with Crippen LogP contribution in [0.25, 0.3) is 0 Å². The van der Waals surface area contributed by atoms with E-state index < -0.39 is 50.4 Å². The molecule has 4 rings (SSSR count). The van der Waals surface area contributed by atoms with Crippen molar-refractivity contribution < 1.29 is 42.7 Å². The van der Waals surface area contributed by atoms with Gasteiger partial charge in [-0.3, -0.25) is 24.5 Å². The van der Waals surface area contributed by atoms with Gasteiger partial charge >= 0.3 is 13.9 Å². The van der Waals surface area contributed by atoms with E-state index in [9.17, 15) is 24.4 Å². The molecule has 4 N–H and O–H groups in total. The average Bonchev–Trinajstić information content (AvgIpc) is 3.21. The van der Waals surface area contributed by atoms with Crippen LogP contribution in [0.1, 0.15) is 5.56 Å². The van der Waals surface area contributed by atoms with Crippen LogP contribution in [0.5, 0.6) is 5.75 Å². The van der Waals surface area contributed by atoms with Gasteiger partial charge in [0.05, 0.1) is 13.2 Å². The molecule has 0 saturated carbocycles. The second kappa shape index (κ2) is 8.99. The van der Waals surface area contributed by atoms with Gasteiger partial charge in [-0.15, -0.1) is 0 Å². The van der Waals surface area contributed by atoms with Crippen LogP contribution in [0.3, 0.4) is 0 Å². The minimum absolute atomic E-state index is 0.0932. The summed E-state index contributed by atoms with van der Waals surface area (Å²) < 4.78 is 35.1. The maximum Gasteiger partial charge on any atom is 0.530 e. The van der Waals surface area contributed by atoms with Gasteiger partial charge in [0.1, 0.15) is 24.1 Å². The molecule has 11 nitrogen and oxygen atoms in total. The highest BCUT2D eigenvalue weighted by molar-refractivity contribution is 7.48. The molecule has 2 heterocycles. The number of phosphoric acid groups is 1. The summed E-state index contributed by atoms with van der Waals surface area (Å²) in [5.74, 6) is -0.740. The highest BCUT2D eigenvalue weighted by Gasteiger charge is 2.63. The summed E-state index contributed by atoms with van der Waals surface area (Å²) in [5.41, 5.74) is -1.45. The maximum absolute atomic E-state index is 13.3. The number of imide groups is 1. The van der Waals surface area contributed by atoms with Crippen molar-refractivity contribution in [3.63, 3.8) is 0 Å². The number of carbonyl (C=O) groups excluding carboxylic acids is 2. The summed E-state index contributed by atoms with van der Waals surface area (Å²) in [6, 6.07) is 16.2. The number of carbonyl (C=O) groups is 2. The standard InChI is InChI=1S/C20H21N2O9P/c23-16-15(30-20(17(16)24)18(25)21-19(26)22-20)12-29-32(27,31-14-9-5-2-6-10-14)28-11-13-7-3-1-4-8-13/h1-10,15-17,23-24H,11-12H2,(H2,21,22,25,26)/t15-,16+,17-,20+,32?/m1/s1. The molecule has 0 radical (unpaired) electrons. The Hall–Kier alpha value is -2.79. The van der Waals surface area contributed by atoms with Crippen LogP contribution in [0.15, 0.2) is 60.7 Å². The van der Waals surface area contributed by atoms with Gasteiger partial charge in [0.25, 0.3) is 11.6 Å². The molecule has 170 valence electrons. The number of hydrogen-bond donors (Lipinski definition) is 4. The lowest BCUT2D eigenvalue weighted by Crippen LogP contribution is -2.56. The minimum Gasteiger partial charge on any atom is -0.404 e. The van der Waals surface area contributed by atoms with Gasteiger partial charge in [-0.2, -0.15) is 0 Å². The number of benzene rings is 2. The van der Waals surface area contributed by atoms with Gasteiger partial charge in [-0.05, 0) is 17.7 Å². The molecule has 3 amide bonds. The molecule has 1 spiro atoms. The normalized spacial score (nSPS) is 28.9. The average molecular weight is 464 g/mol. The molecular weight excluding hydrogens is 443 g/mol. The Morgan fingerprint density at radius 1 is 1.00 bits per heavy atom. The van der Waals surface area contributed by atoms with Crippen molar-refractivity contribution in [3.05, 3.63) is 66.2 Å². The highest BCUT2D eigenvalue weighted by atomic mass is 31.2. The lowest BCUT2D eigenvalue weighted by molar-refractivity contribution is -0.153. The van der Waals surface area contributed by atoms with Crippen LogP contribution in [0, 0.1) is 0 Å². The summed E-state index contributed by atoms with van der Waals surface area (Å²) in [6.07, 6.45) is -4.72. The van der Waals surface area contributed by atoms with Crippen molar-refractivity contribution in [3.8, 4) is 5.75 Å². The summed E-state index contributed by atoms with van der Waals surface area (Å²) in [4.78, 5) is 23.6. The molecule has 0 aromatic heterocycles. The van der Waals surface area contributed by atoms with Crippen LogP contribution in [0.4, 0.5) is 4.79 Å². The van der Waals surface area contributed by atoms with E-state index in [1.165, 1.54) is 0 Å². The fourth-order valence-corrected chi connectivity index (χ4v) is 4.49. The van der Waals surface area contributed by atoms with Crippen LogP contribution in [-0.4, -0.2) is 52.8 Å². The van der Waals surface area contributed by atoms with Crippen molar-refractivity contribution >= 4 is 19.8 Å². The second-order valence-corrected chi connectivity index (χ2v) is 8.74. The van der Waals surface area contributed by atoms with E-state index in [1.807, 2.05) is 11.4 Å². The lowest BCUT2D eigenvalue weighted by Gasteiger charge is -2.23. The number of rotatable bonds is 8. The molecular formula is C20H21N2O9P. The topological polar surface area (TPSA) is 153 Å². The Morgan fingerprint density at radius 3 is 2.28 bits per heavy atom. The number of amides is 3. The molecule has 12 heteroatoms. The number of aliphatic hydroxyl groups is 2. The van der Waals surface area contributed by atoms with E-state index >= 15 is 0 Å². The van der Waals surface area contributed by atoms with Crippen molar-refractivity contribution in [2.75, 3.05) is 6.61 Å². The van der Waals surface area contributed by atoms with E-state index in [-0.39, 0.29) is 12.4 Å². The monoisotopic (exact) mass is 464 g/mol. The first-order valence-electron chi connectivity index (χ1n) is 9.66. The Morgan fingerprint density at radius 2 is 1.66 bits per heavy atom. The van der Waals surface area contributed by atoms with Crippen LogP contribution < -0.4 is 15.2 Å². The number of aliphatic hydroxyl groups excluding tert-OH is 2. The SMILES string of the molecule is O=C1NC(=O)[C@@]2(N1)O[C@H](COP(=O)(OCc1ccccc1)Oc1ccccc1)[C@H](O)[C@H]2O. The Labute approximate surface area is 182 Å². The van der Waals surface area contributed by atoms with Crippen LogP contribution >= 0.6 is 7.82 Å². The number of nitrogens with one attached hydrogen (secondary N) is 2. The Kier molecular flexibility index (Phi) is 6.29. The van der Waals surface area contributed by atoms with Gasteiger partial charge in [-0.25, -0.2) is 9.36 Å². The van der Waals surface area contributed by atoms with Crippen molar-refractivity contribution in [1.29, 1.82) is 0 Å². The first-order chi connectivity index (χ1) is 15.3. The molecule has 0 aliphatic carbocycles. The van der Waals surface area contributed by atoms with Crippen molar-refractivity contribution in [1.82, 2.24) is 10.6 Å². The third-order valence-electron chi connectivity index (χ3n) is 4.91. The predicted molar refractivity (Wildman–Crippen MR) is 108 cm³/mol. The van der Waals surface area contributed by atoms with Gasteiger partial charge in [0.15, 0.2) is 0 Å². The molecule has 5 atom stereocenters. The zero-order chi connectivity index (χ0) is 22.8. The van der Waals surface area contributed by atoms with Crippen LogP contribution in [0.2, 0.25) is 0 Å². The first-order valence-corrected chi connectivity index (χ1v) is 11.1. The molecule has 2 saturated heterocycles. The summed E-state index contributed by atoms with van der Waals surface area (Å²) in [6.45, 7) is -0.661. The molecule has 2 aromatic carbocycles. The third kappa shape index (κ3) is 4.53. The van der Waals surface area contributed by atoms with Gasteiger partial charge in [0.2, 0.25) is 0 Å². The first kappa shape index (κ1) is 22.4. The predicted octanol–water partition coefficient (Wildman–Crippen LogP) is 1.06. The van der Waals surface area contributed by atoms with E-state index in [0.29, 0.717) is 5.56 Å². The number of ether oxygens (including phenoxy) is 1. The molecule has 2 fully saturated rings. The van der Waals surface area contributed by atoms with Gasteiger partial charge in [-0.1, -0.05) is 48.5 Å². The summed E-state index contributed by atoms with van der Waals surface area (Å²) in [7, 11) is -4.24. The molecule has 2 aliphatic rings. The van der Waals surface area contributed by atoms with Crippen molar-refractivity contribution in [2.24, 2.45) is 0 Å². The van der Waals surface area contributed by atoms with E-state index in [4.69, 9.17) is 18.3 Å². The zero-order valence-electron chi connectivity index (χ0n) is 16.6. The third-order valence-corrected chi connectivity index (χ3v) is 6.26. The smallest absolute Gasteiger partial charge is 0.404 e. The number of urea groups is 1. The fraction of sp³-hybridized carbons (Fsp3) is 0.300. The van der Waals surface area contributed by atoms with Gasteiger partial charge in [0, 0.05) is 0 Å². The fourth-order valence-electron chi connectivity index (χ4n) is 3.29. The number of para-hydroxylation sites is 1. The Bertz CT molecular complexity index is 1020. The maximum atomic E-state index is 13.3. The molecule has 1 unspecified atom stereocenters. The summed E-state index contributed by atoms with van der Waals surface area (Å²) >= 11 is 0. The van der Waals surface area contributed by atoms with Gasteiger partial charge < -0.3 is 19.5 Å². The zero-order valence-corrected chi connectivity index (χ0v) is 17.5. The molecule has 0 bridgehead atoms.